The second-order valence-electron chi connectivity index (χ2n) is 4.06. The monoisotopic (exact) mass is 261 g/mol. The van der Waals surface area contributed by atoms with Gasteiger partial charge in [-0.2, -0.15) is 0 Å². The number of methoxy groups -OCH3 is 1. The summed E-state index contributed by atoms with van der Waals surface area (Å²) >= 11 is 0. The number of ether oxygens (including phenoxy) is 2. The number of hydrogen-bond acceptors (Lipinski definition) is 4. The maximum absolute atomic E-state index is 11.1. The Balaban J connectivity index is 2.23. The zero-order chi connectivity index (χ0) is 13.7. The molecule has 0 spiro atoms. The third-order valence-corrected chi connectivity index (χ3v) is 2.74. The van der Waals surface area contributed by atoms with E-state index in [1.165, 1.54) is 12.3 Å². The molecule has 5 nitrogen and oxygen atoms in total. The predicted octanol–water partition coefficient (Wildman–Crippen LogP) is 2.10. The van der Waals surface area contributed by atoms with Crippen LogP contribution < -0.4 is 0 Å². The van der Waals surface area contributed by atoms with Crippen molar-refractivity contribution in [3.05, 3.63) is 41.6 Å². The number of rotatable bonds is 6. The lowest BCUT2D eigenvalue weighted by molar-refractivity contribution is 0.0617. The molecule has 0 saturated heterocycles. The highest BCUT2D eigenvalue weighted by Crippen LogP contribution is 2.19. The van der Waals surface area contributed by atoms with E-state index in [9.17, 15) is 4.79 Å². The van der Waals surface area contributed by atoms with E-state index in [4.69, 9.17) is 14.6 Å². The van der Waals surface area contributed by atoms with Crippen LogP contribution in [0.5, 0.6) is 0 Å². The normalized spacial score (nSPS) is 10.8. The number of benzene rings is 1. The number of pyridine rings is 1. The summed E-state index contributed by atoms with van der Waals surface area (Å²) in [6.45, 7) is 1.47. The first-order valence-electron chi connectivity index (χ1n) is 5.90. The molecule has 2 rings (SSSR count). The molecule has 0 atom stereocenters. The van der Waals surface area contributed by atoms with Gasteiger partial charge in [0.1, 0.15) is 0 Å². The van der Waals surface area contributed by atoms with E-state index in [1.807, 2.05) is 6.07 Å². The molecule has 0 radical (unpaired) electrons. The molecule has 5 heteroatoms. The molecule has 0 unspecified atom stereocenters. The first-order chi connectivity index (χ1) is 9.22. The van der Waals surface area contributed by atoms with Crippen LogP contribution in [0.4, 0.5) is 0 Å². The number of hydrogen-bond donors (Lipinski definition) is 1. The van der Waals surface area contributed by atoms with Gasteiger partial charge in [-0.25, -0.2) is 4.79 Å². The van der Waals surface area contributed by atoms with Crippen molar-refractivity contribution >= 4 is 16.9 Å². The molecule has 100 valence electrons. The number of aromatic nitrogens is 1. The standard InChI is InChI=1S/C14H15NO4/c1-18-6-7-19-9-10-2-3-13-12(8-10)11(14(16)17)4-5-15-13/h2-5,8H,6-7,9H2,1H3,(H,16,17). The Bertz CT molecular complexity index is 583. The molecule has 1 N–H and O–H groups in total. The SMILES string of the molecule is COCCOCc1ccc2nccc(C(=O)O)c2c1. The van der Waals surface area contributed by atoms with E-state index in [2.05, 4.69) is 4.98 Å². The van der Waals surface area contributed by atoms with Crippen molar-refractivity contribution in [2.45, 2.75) is 6.61 Å². The van der Waals surface area contributed by atoms with E-state index in [0.29, 0.717) is 30.7 Å². The van der Waals surface area contributed by atoms with Crippen molar-refractivity contribution in [3.8, 4) is 0 Å². The van der Waals surface area contributed by atoms with E-state index in [0.717, 1.165) is 5.56 Å². The van der Waals surface area contributed by atoms with Gasteiger partial charge in [0, 0.05) is 18.7 Å². The predicted molar refractivity (Wildman–Crippen MR) is 70.2 cm³/mol. The number of carboxylic acid groups (broad SMARTS) is 1. The maximum Gasteiger partial charge on any atom is 0.336 e. The maximum atomic E-state index is 11.1. The lowest BCUT2D eigenvalue weighted by atomic mass is 10.1. The highest BCUT2D eigenvalue weighted by molar-refractivity contribution is 6.02. The number of nitrogens with zero attached hydrogens (tertiary/aromatic N) is 1. The zero-order valence-corrected chi connectivity index (χ0v) is 10.6. The van der Waals surface area contributed by atoms with Crippen LogP contribution in [0.15, 0.2) is 30.5 Å². The van der Waals surface area contributed by atoms with Gasteiger partial charge in [-0.3, -0.25) is 4.98 Å². The second kappa shape index (κ2) is 6.26. The first-order valence-corrected chi connectivity index (χ1v) is 5.90. The minimum absolute atomic E-state index is 0.253. The Hall–Kier alpha value is -1.98. The molecule has 0 amide bonds. The van der Waals surface area contributed by atoms with Crippen molar-refractivity contribution in [1.82, 2.24) is 4.98 Å². The molecule has 0 aliphatic rings. The molecular weight excluding hydrogens is 246 g/mol. The molecule has 19 heavy (non-hydrogen) atoms. The Morgan fingerprint density at radius 1 is 1.32 bits per heavy atom. The minimum atomic E-state index is -0.954. The van der Waals surface area contributed by atoms with Crippen molar-refractivity contribution in [2.24, 2.45) is 0 Å². The minimum Gasteiger partial charge on any atom is -0.478 e. The van der Waals surface area contributed by atoms with Gasteiger partial charge in [0.05, 0.1) is 30.9 Å². The fourth-order valence-electron chi connectivity index (χ4n) is 1.80. The molecule has 1 aromatic heterocycles. The highest BCUT2D eigenvalue weighted by atomic mass is 16.5. The first kappa shape index (κ1) is 13.5. The summed E-state index contributed by atoms with van der Waals surface area (Å²) < 4.78 is 10.3. The lowest BCUT2D eigenvalue weighted by Gasteiger charge is -2.06. The molecular formula is C14H15NO4. The molecule has 0 saturated carbocycles. The summed E-state index contributed by atoms with van der Waals surface area (Å²) in [6, 6.07) is 6.99. The van der Waals surface area contributed by atoms with Crippen LogP contribution in [0, 0.1) is 0 Å². The van der Waals surface area contributed by atoms with Crippen LogP contribution in [0.3, 0.4) is 0 Å². The molecule has 0 bridgehead atoms. The third kappa shape index (κ3) is 3.27. The summed E-state index contributed by atoms with van der Waals surface area (Å²) in [5.74, 6) is -0.954. The molecule has 0 aliphatic heterocycles. The Morgan fingerprint density at radius 2 is 2.16 bits per heavy atom. The van der Waals surface area contributed by atoms with Crippen LogP contribution in [0.1, 0.15) is 15.9 Å². The highest BCUT2D eigenvalue weighted by Gasteiger charge is 2.09. The van der Waals surface area contributed by atoms with E-state index < -0.39 is 5.97 Å². The van der Waals surface area contributed by atoms with Gasteiger partial charge in [-0.1, -0.05) is 6.07 Å². The third-order valence-electron chi connectivity index (χ3n) is 2.74. The summed E-state index contributed by atoms with van der Waals surface area (Å²) in [4.78, 5) is 15.3. The van der Waals surface area contributed by atoms with Gasteiger partial charge < -0.3 is 14.6 Å². The van der Waals surface area contributed by atoms with Crippen molar-refractivity contribution in [1.29, 1.82) is 0 Å². The van der Waals surface area contributed by atoms with Gasteiger partial charge in [0.2, 0.25) is 0 Å². The number of aromatic carboxylic acids is 1. The molecule has 0 aliphatic carbocycles. The van der Waals surface area contributed by atoms with Crippen LogP contribution in [0.2, 0.25) is 0 Å². The number of carboxylic acids is 1. The van der Waals surface area contributed by atoms with E-state index >= 15 is 0 Å². The second-order valence-corrected chi connectivity index (χ2v) is 4.06. The van der Waals surface area contributed by atoms with Crippen molar-refractivity contribution < 1.29 is 19.4 Å². The molecule has 1 heterocycles. The van der Waals surface area contributed by atoms with Crippen LogP contribution in [0.25, 0.3) is 10.9 Å². The number of fused-ring (bicyclic) bond motifs is 1. The molecule has 0 fully saturated rings. The van der Waals surface area contributed by atoms with Gasteiger partial charge in [-0.05, 0) is 23.8 Å². The summed E-state index contributed by atoms with van der Waals surface area (Å²) in [5, 5.41) is 9.77. The van der Waals surface area contributed by atoms with Gasteiger partial charge >= 0.3 is 5.97 Å². The fraction of sp³-hybridized carbons (Fsp3) is 0.286. The van der Waals surface area contributed by atoms with Gasteiger partial charge in [0.15, 0.2) is 0 Å². The fourth-order valence-corrected chi connectivity index (χ4v) is 1.80. The van der Waals surface area contributed by atoms with Crippen LogP contribution in [-0.2, 0) is 16.1 Å². The van der Waals surface area contributed by atoms with Gasteiger partial charge in [0.25, 0.3) is 0 Å². The van der Waals surface area contributed by atoms with Crippen molar-refractivity contribution in [2.75, 3.05) is 20.3 Å². The molecule has 1 aromatic carbocycles. The zero-order valence-electron chi connectivity index (χ0n) is 10.6. The van der Waals surface area contributed by atoms with E-state index in [-0.39, 0.29) is 5.56 Å². The van der Waals surface area contributed by atoms with Crippen molar-refractivity contribution in [3.63, 3.8) is 0 Å². The smallest absolute Gasteiger partial charge is 0.336 e. The summed E-state index contributed by atoms with van der Waals surface area (Å²) in [5.41, 5.74) is 1.84. The average molecular weight is 261 g/mol. The Kier molecular flexibility index (Phi) is 4.43. The average Bonchev–Trinajstić information content (AvgIpc) is 2.42. The quantitative estimate of drug-likeness (QED) is 0.806. The Labute approximate surface area is 110 Å². The Morgan fingerprint density at radius 3 is 2.89 bits per heavy atom. The summed E-state index contributed by atoms with van der Waals surface area (Å²) in [6.07, 6.45) is 1.50. The lowest BCUT2D eigenvalue weighted by Crippen LogP contribution is -2.02. The molecule has 2 aromatic rings. The topological polar surface area (TPSA) is 68.7 Å². The largest absolute Gasteiger partial charge is 0.478 e. The number of carbonyl (C=O) groups is 1. The van der Waals surface area contributed by atoms with Crippen LogP contribution >= 0.6 is 0 Å². The summed E-state index contributed by atoms with van der Waals surface area (Å²) in [7, 11) is 1.62. The van der Waals surface area contributed by atoms with Crippen LogP contribution in [-0.4, -0.2) is 36.4 Å². The van der Waals surface area contributed by atoms with E-state index in [1.54, 1.807) is 19.2 Å². The van der Waals surface area contributed by atoms with Gasteiger partial charge in [-0.15, -0.1) is 0 Å².